The van der Waals surface area contributed by atoms with Gasteiger partial charge in [-0.25, -0.2) is 4.98 Å². The summed E-state index contributed by atoms with van der Waals surface area (Å²) in [5.41, 5.74) is 12.1. The summed E-state index contributed by atoms with van der Waals surface area (Å²) in [6, 6.07) is 1.82. The molecule has 1 atom stereocenters. The van der Waals surface area contributed by atoms with Crippen molar-refractivity contribution >= 4 is 11.8 Å². The Morgan fingerprint density at radius 2 is 2.08 bits per heavy atom. The summed E-state index contributed by atoms with van der Waals surface area (Å²) in [6.45, 7) is 2.17. The van der Waals surface area contributed by atoms with Gasteiger partial charge in [0.25, 0.3) is 0 Å². The van der Waals surface area contributed by atoms with E-state index in [0.717, 1.165) is 11.6 Å². The summed E-state index contributed by atoms with van der Waals surface area (Å²) in [5.74, 6) is 1.98. The topological polar surface area (TPSA) is 77.8 Å². The molecule has 0 aromatic carbocycles. The molecule has 70 valence electrons. The van der Waals surface area contributed by atoms with Crippen LogP contribution in [0.25, 0.3) is 0 Å². The van der Waals surface area contributed by atoms with Crippen LogP contribution in [0, 0.1) is 5.92 Å². The summed E-state index contributed by atoms with van der Waals surface area (Å²) < 4.78 is 0. The minimum atomic E-state index is 0.280. The highest BCUT2D eigenvalue weighted by Gasteiger charge is 2.30. The second kappa shape index (κ2) is 2.87. The molecule has 4 N–H and O–H groups in total. The number of nitrogens with zero attached hydrogens (tertiary/aromatic N) is 2. The molecule has 2 rings (SSSR count). The molecule has 0 spiro atoms. The van der Waals surface area contributed by atoms with Gasteiger partial charge in [0.1, 0.15) is 5.82 Å². The molecule has 0 bridgehead atoms. The van der Waals surface area contributed by atoms with Crippen molar-refractivity contribution in [3.8, 4) is 0 Å². The van der Waals surface area contributed by atoms with Gasteiger partial charge in [-0.3, -0.25) is 0 Å². The molecule has 0 amide bonds. The van der Waals surface area contributed by atoms with Crippen molar-refractivity contribution in [2.45, 2.75) is 25.7 Å². The molecule has 0 radical (unpaired) electrons. The quantitative estimate of drug-likeness (QED) is 0.712. The lowest BCUT2D eigenvalue weighted by molar-refractivity contribution is 0.643. The van der Waals surface area contributed by atoms with Gasteiger partial charge < -0.3 is 11.5 Å². The van der Waals surface area contributed by atoms with Gasteiger partial charge in [-0.2, -0.15) is 4.98 Å². The summed E-state index contributed by atoms with van der Waals surface area (Å²) in [7, 11) is 0. The van der Waals surface area contributed by atoms with Gasteiger partial charge in [-0.1, -0.05) is 6.92 Å². The van der Waals surface area contributed by atoms with Gasteiger partial charge in [-0.15, -0.1) is 0 Å². The maximum absolute atomic E-state index is 5.59. The van der Waals surface area contributed by atoms with Crippen LogP contribution in [-0.4, -0.2) is 9.97 Å². The van der Waals surface area contributed by atoms with Gasteiger partial charge in [0.05, 0.1) is 5.69 Å². The summed E-state index contributed by atoms with van der Waals surface area (Å²) in [6.07, 6.45) is 2.59. The van der Waals surface area contributed by atoms with E-state index in [-0.39, 0.29) is 5.95 Å². The molecule has 1 heterocycles. The van der Waals surface area contributed by atoms with Crippen LogP contribution in [0.5, 0.6) is 0 Å². The first kappa shape index (κ1) is 8.29. The van der Waals surface area contributed by atoms with Crippen molar-refractivity contribution in [2.75, 3.05) is 11.5 Å². The first-order valence-electron chi connectivity index (χ1n) is 4.56. The van der Waals surface area contributed by atoms with Crippen LogP contribution in [0.15, 0.2) is 6.07 Å². The van der Waals surface area contributed by atoms with Crippen LogP contribution >= 0.6 is 0 Å². The van der Waals surface area contributed by atoms with E-state index in [9.17, 15) is 0 Å². The molecule has 1 aromatic heterocycles. The predicted molar refractivity (Wildman–Crippen MR) is 52.0 cm³/mol. The molecule has 1 saturated carbocycles. The molecule has 13 heavy (non-hydrogen) atoms. The fourth-order valence-corrected chi connectivity index (χ4v) is 1.58. The lowest BCUT2D eigenvalue weighted by Gasteiger charge is -2.09. The largest absolute Gasteiger partial charge is 0.384 e. The second-order valence-corrected chi connectivity index (χ2v) is 3.70. The SMILES string of the molecule is C[C@H](c1cc(N)nc(N)n1)C1CC1. The molecule has 0 unspecified atom stereocenters. The van der Waals surface area contributed by atoms with E-state index < -0.39 is 0 Å². The predicted octanol–water partition coefficient (Wildman–Crippen LogP) is 1.15. The fourth-order valence-electron chi connectivity index (χ4n) is 1.58. The number of hydrogen-bond donors (Lipinski definition) is 2. The first-order chi connectivity index (χ1) is 6.16. The minimum Gasteiger partial charge on any atom is -0.384 e. The van der Waals surface area contributed by atoms with Gasteiger partial charge in [0, 0.05) is 12.0 Å². The Morgan fingerprint density at radius 1 is 1.38 bits per heavy atom. The molecule has 1 aliphatic carbocycles. The Kier molecular flexibility index (Phi) is 1.83. The molecule has 0 saturated heterocycles. The zero-order valence-corrected chi connectivity index (χ0v) is 7.70. The van der Waals surface area contributed by atoms with E-state index in [1.807, 2.05) is 6.07 Å². The van der Waals surface area contributed by atoms with Crippen molar-refractivity contribution in [2.24, 2.45) is 5.92 Å². The summed E-state index contributed by atoms with van der Waals surface area (Å²) >= 11 is 0. The van der Waals surface area contributed by atoms with Crippen molar-refractivity contribution in [3.05, 3.63) is 11.8 Å². The average Bonchev–Trinajstić information content (AvgIpc) is 2.83. The zero-order chi connectivity index (χ0) is 9.42. The zero-order valence-electron chi connectivity index (χ0n) is 7.70. The lowest BCUT2D eigenvalue weighted by atomic mass is 10.0. The van der Waals surface area contributed by atoms with Crippen molar-refractivity contribution < 1.29 is 0 Å². The van der Waals surface area contributed by atoms with Crippen LogP contribution in [-0.2, 0) is 0 Å². The number of hydrogen-bond acceptors (Lipinski definition) is 4. The molecule has 1 fully saturated rings. The third kappa shape index (κ3) is 1.71. The average molecular weight is 178 g/mol. The Bertz CT molecular complexity index is 299. The number of aromatic nitrogens is 2. The summed E-state index contributed by atoms with van der Waals surface area (Å²) in [5, 5.41) is 0. The van der Waals surface area contributed by atoms with Crippen molar-refractivity contribution in [1.29, 1.82) is 0 Å². The third-order valence-corrected chi connectivity index (χ3v) is 2.58. The number of anilines is 2. The molecular formula is C9H14N4. The van der Waals surface area contributed by atoms with E-state index in [2.05, 4.69) is 16.9 Å². The first-order valence-corrected chi connectivity index (χ1v) is 4.56. The number of nitrogens with two attached hydrogens (primary N) is 2. The maximum atomic E-state index is 5.59. The third-order valence-electron chi connectivity index (χ3n) is 2.58. The van der Waals surface area contributed by atoms with Gasteiger partial charge in [0.15, 0.2) is 0 Å². The molecule has 4 nitrogen and oxygen atoms in total. The van der Waals surface area contributed by atoms with Crippen LogP contribution < -0.4 is 11.5 Å². The van der Waals surface area contributed by atoms with E-state index in [0.29, 0.717) is 11.7 Å². The highest BCUT2D eigenvalue weighted by Crippen LogP contribution is 2.41. The second-order valence-electron chi connectivity index (χ2n) is 3.70. The van der Waals surface area contributed by atoms with E-state index in [1.54, 1.807) is 0 Å². The minimum absolute atomic E-state index is 0.280. The van der Waals surface area contributed by atoms with E-state index in [1.165, 1.54) is 12.8 Å². The number of nitrogen functional groups attached to an aromatic ring is 2. The van der Waals surface area contributed by atoms with Crippen LogP contribution in [0.4, 0.5) is 11.8 Å². The Hall–Kier alpha value is -1.32. The van der Waals surface area contributed by atoms with Crippen molar-refractivity contribution in [3.63, 3.8) is 0 Å². The number of rotatable bonds is 2. The lowest BCUT2D eigenvalue weighted by Crippen LogP contribution is -2.06. The monoisotopic (exact) mass is 178 g/mol. The fraction of sp³-hybridized carbons (Fsp3) is 0.556. The Morgan fingerprint density at radius 3 is 2.62 bits per heavy atom. The van der Waals surface area contributed by atoms with E-state index in [4.69, 9.17) is 11.5 Å². The smallest absolute Gasteiger partial charge is 0.222 e. The standard InChI is InChI=1S/C9H14N4/c1-5(6-2-3-6)7-4-8(10)13-9(11)12-7/h4-6H,2-3H2,1H3,(H4,10,11,12,13)/t5-/m0/s1. The molecule has 4 heteroatoms. The highest BCUT2D eigenvalue weighted by molar-refractivity contribution is 5.37. The normalized spacial score (nSPS) is 18.5. The highest BCUT2D eigenvalue weighted by atomic mass is 15.0. The molecule has 1 aliphatic rings. The van der Waals surface area contributed by atoms with E-state index >= 15 is 0 Å². The summed E-state index contributed by atoms with van der Waals surface area (Å²) in [4.78, 5) is 8.02. The maximum Gasteiger partial charge on any atom is 0.222 e. The Labute approximate surface area is 77.4 Å². The van der Waals surface area contributed by atoms with Crippen LogP contribution in [0.1, 0.15) is 31.4 Å². The molecule has 0 aliphatic heterocycles. The Balaban J connectivity index is 2.27. The van der Waals surface area contributed by atoms with Gasteiger partial charge >= 0.3 is 0 Å². The van der Waals surface area contributed by atoms with Crippen molar-refractivity contribution in [1.82, 2.24) is 9.97 Å². The van der Waals surface area contributed by atoms with Crippen LogP contribution in [0.2, 0.25) is 0 Å². The van der Waals surface area contributed by atoms with Crippen LogP contribution in [0.3, 0.4) is 0 Å². The molecule has 1 aromatic rings. The molecular weight excluding hydrogens is 164 g/mol. The van der Waals surface area contributed by atoms with Gasteiger partial charge in [0.2, 0.25) is 5.95 Å². The van der Waals surface area contributed by atoms with Gasteiger partial charge in [-0.05, 0) is 18.8 Å².